The zero-order chi connectivity index (χ0) is 12.3. The molecule has 0 radical (unpaired) electrons. The first-order valence-corrected chi connectivity index (χ1v) is 5.53. The van der Waals surface area contributed by atoms with Crippen LogP contribution in [-0.4, -0.2) is 34.1 Å². The van der Waals surface area contributed by atoms with Crippen LogP contribution in [0, 0.1) is 0 Å². The van der Waals surface area contributed by atoms with E-state index in [1.165, 1.54) is 19.3 Å². The van der Waals surface area contributed by atoms with Gasteiger partial charge < -0.3 is 5.11 Å². The third-order valence-corrected chi connectivity index (χ3v) is 3.39. The molecular formula is C12H25NO2. The van der Waals surface area contributed by atoms with Crippen LogP contribution < -0.4 is 0 Å². The van der Waals surface area contributed by atoms with Crippen LogP contribution in [0.25, 0.3) is 0 Å². The quantitative estimate of drug-likeness (QED) is 0.675. The maximum Gasteiger partial charge on any atom is 0.300 e. The summed E-state index contributed by atoms with van der Waals surface area (Å²) in [7, 11) is 2.25. The molecule has 1 N–H and O–H groups in total. The minimum absolute atomic E-state index is 0.405. The highest BCUT2D eigenvalue weighted by Crippen LogP contribution is 2.36. The summed E-state index contributed by atoms with van der Waals surface area (Å²) in [5.41, 5.74) is 0.809. The van der Waals surface area contributed by atoms with Gasteiger partial charge in [0.1, 0.15) is 0 Å². The zero-order valence-electron chi connectivity index (χ0n) is 10.9. The second kappa shape index (κ2) is 4.97. The van der Waals surface area contributed by atoms with Gasteiger partial charge in [-0.15, -0.1) is 0 Å². The van der Waals surface area contributed by atoms with Crippen molar-refractivity contribution in [3.63, 3.8) is 0 Å². The van der Waals surface area contributed by atoms with E-state index in [2.05, 4.69) is 39.6 Å². The number of nitrogens with zero attached hydrogens (tertiary/aromatic N) is 1. The molecule has 15 heavy (non-hydrogen) atoms. The topological polar surface area (TPSA) is 40.5 Å². The van der Waals surface area contributed by atoms with Crippen LogP contribution in [0.4, 0.5) is 0 Å². The number of carboxylic acids is 1. The van der Waals surface area contributed by atoms with E-state index in [4.69, 9.17) is 9.90 Å². The van der Waals surface area contributed by atoms with E-state index in [-0.39, 0.29) is 0 Å². The lowest BCUT2D eigenvalue weighted by molar-refractivity contribution is -0.134. The number of piperidine rings is 1. The molecule has 0 aromatic rings. The van der Waals surface area contributed by atoms with E-state index < -0.39 is 5.97 Å². The predicted molar refractivity (Wildman–Crippen MR) is 63.1 cm³/mol. The Morgan fingerprint density at radius 2 is 1.40 bits per heavy atom. The van der Waals surface area contributed by atoms with Crippen molar-refractivity contribution in [2.75, 3.05) is 7.05 Å². The Kier molecular flexibility index (Phi) is 4.78. The molecule has 0 aromatic heterocycles. The number of hydrogen-bond donors (Lipinski definition) is 1. The van der Waals surface area contributed by atoms with Crippen molar-refractivity contribution in [3.05, 3.63) is 0 Å². The van der Waals surface area contributed by atoms with Gasteiger partial charge in [0.25, 0.3) is 5.97 Å². The Labute approximate surface area is 93.5 Å². The molecule has 0 atom stereocenters. The van der Waals surface area contributed by atoms with Crippen LogP contribution in [-0.2, 0) is 4.79 Å². The lowest BCUT2D eigenvalue weighted by Crippen LogP contribution is -2.56. The number of hydrogen-bond acceptors (Lipinski definition) is 2. The third-order valence-electron chi connectivity index (χ3n) is 3.39. The van der Waals surface area contributed by atoms with Crippen molar-refractivity contribution in [3.8, 4) is 0 Å². The van der Waals surface area contributed by atoms with Crippen molar-refractivity contribution in [2.45, 2.75) is 65.0 Å². The first-order chi connectivity index (χ1) is 6.59. The normalized spacial score (nSPS) is 23.9. The molecule has 0 unspecified atom stereocenters. The van der Waals surface area contributed by atoms with Crippen LogP contribution >= 0.6 is 0 Å². The molecule has 1 rings (SSSR count). The summed E-state index contributed by atoms with van der Waals surface area (Å²) in [5, 5.41) is 7.42. The smallest absolute Gasteiger partial charge is 0.300 e. The largest absolute Gasteiger partial charge is 0.481 e. The maximum atomic E-state index is 9.00. The van der Waals surface area contributed by atoms with Crippen molar-refractivity contribution in [2.24, 2.45) is 0 Å². The van der Waals surface area contributed by atoms with Crippen LogP contribution in [0.1, 0.15) is 53.9 Å². The molecule has 3 heteroatoms. The summed E-state index contributed by atoms with van der Waals surface area (Å²) >= 11 is 0. The van der Waals surface area contributed by atoms with Gasteiger partial charge in [-0.2, -0.15) is 0 Å². The Bertz CT molecular complexity index is 202. The van der Waals surface area contributed by atoms with E-state index in [9.17, 15) is 0 Å². The second-order valence-electron chi connectivity index (χ2n) is 5.56. The summed E-state index contributed by atoms with van der Waals surface area (Å²) in [6.45, 7) is 10.4. The molecule has 90 valence electrons. The summed E-state index contributed by atoms with van der Waals surface area (Å²) in [5.74, 6) is -0.833. The molecule has 0 aromatic carbocycles. The van der Waals surface area contributed by atoms with Gasteiger partial charge in [0.2, 0.25) is 0 Å². The standard InChI is InChI=1S/C10H21N.C2H4O2/c1-9(2)7-6-8-10(3,4)11(9)5;1-2(3)4/h6-8H2,1-5H3;1H3,(H,3,4). The van der Waals surface area contributed by atoms with E-state index in [1.54, 1.807) is 0 Å². The molecule has 0 bridgehead atoms. The molecule has 0 saturated carbocycles. The minimum Gasteiger partial charge on any atom is -0.481 e. The highest BCUT2D eigenvalue weighted by Gasteiger charge is 2.37. The van der Waals surface area contributed by atoms with Gasteiger partial charge in [-0.1, -0.05) is 0 Å². The summed E-state index contributed by atoms with van der Waals surface area (Å²) in [4.78, 5) is 11.5. The number of rotatable bonds is 0. The molecule has 3 nitrogen and oxygen atoms in total. The van der Waals surface area contributed by atoms with E-state index in [0.717, 1.165) is 6.92 Å². The van der Waals surface area contributed by atoms with Crippen molar-refractivity contribution >= 4 is 5.97 Å². The fourth-order valence-electron chi connectivity index (χ4n) is 2.11. The van der Waals surface area contributed by atoms with Crippen LogP contribution in [0.5, 0.6) is 0 Å². The Morgan fingerprint density at radius 1 is 1.13 bits per heavy atom. The van der Waals surface area contributed by atoms with Gasteiger partial charge in [-0.05, 0) is 54.0 Å². The lowest BCUT2D eigenvalue weighted by Gasteiger charge is -2.50. The van der Waals surface area contributed by atoms with Crippen molar-refractivity contribution in [1.29, 1.82) is 0 Å². The lowest BCUT2D eigenvalue weighted by atomic mass is 9.80. The molecule has 1 heterocycles. The van der Waals surface area contributed by atoms with Gasteiger partial charge in [-0.3, -0.25) is 9.69 Å². The minimum atomic E-state index is -0.833. The van der Waals surface area contributed by atoms with Crippen molar-refractivity contribution in [1.82, 2.24) is 4.90 Å². The monoisotopic (exact) mass is 215 g/mol. The molecule has 0 spiro atoms. The Hall–Kier alpha value is -0.570. The first-order valence-electron chi connectivity index (χ1n) is 5.53. The van der Waals surface area contributed by atoms with Gasteiger partial charge in [0, 0.05) is 18.0 Å². The summed E-state index contributed by atoms with van der Waals surface area (Å²) in [6, 6.07) is 0. The van der Waals surface area contributed by atoms with Crippen LogP contribution in [0.3, 0.4) is 0 Å². The highest BCUT2D eigenvalue weighted by atomic mass is 16.4. The summed E-state index contributed by atoms with van der Waals surface area (Å²) in [6.07, 6.45) is 4.06. The molecule has 1 fully saturated rings. The third kappa shape index (κ3) is 4.65. The number of likely N-dealkylation sites (tertiary alicyclic amines) is 1. The van der Waals surface area contributed by atoms with Gasteiger partial charge in [0.05, 0.1) is 0 Å². The van der Waals surface area contributed by atoms with E-state index in [1.807, 2.05) is 0 Å². The molecule has 1 saturated heterocycles. The number of aliphatic carboxylic acids is 1. The predicted octanol–water partition coefficient (Wildman–Crippen LogP) is 2.75. The Balaban J connectivity index is 0.000000423. The average Bonchev–Trinajstić information content (AvgIpc) is 1.98. The fraction of sp³-hybridized carbons (Fsp3) is 0.917. The van der Waals surface area contributed by atoms with Gasteiger partial charge >= 0.3 is 0 Å². The molecule has 1 aliphatic heterocycles. The Morgan fingerprint density at radius 3 is 1.60 bits per heavy atom. The van der Waals surface area contributed by atoms with Crippen LogP contribution in [0.15, 0.2) is 0 Å². The van der Waals surface area contributed by atoms with Gasteiger partial charge in [0.15, 0.2) is 0 Å². The molecular weight excluding hydrogens is 190 g/mol. The highest BCUT2D eigenvalue weighted by molar-refractivity contribution is 5.62. The first kappa shape index (κ1) is 14.4. The van der Waals surface area contributed by atoms with E-state index in [0.29, 0.717) is 11.1 Å². The van der Waals surface area contributed by atoms with Crippen molar-refractivity contribution < 1.29 is 9.90 Å². The van der Waals surface area contributed by atoms with Crippen LogP contribution in [0.2, 0.25) is 0 Å². The fourth-order valence-corrected chi connectivity index (χ4v) is 2.11. The molecule has 1 aliphatic rings. The summed E-state index contributed by atoms with van der Waals surface area (Å²) < 4.78 is 0. The second-order valence-corrected chi connectivity index (χ2v) is 5.56. The molecule has 0 aliphatic carbocycles. The number of carbonyl (C=O) groups is 1. The SMILES string of the molecule is CC(=O)O.CN1C(C)(C)CCCC1(C)C. The zero-order valence-corrected chi connectivity index (χ0v) is 10.9. The molecule has 0 amide bonds. The van der Waals surface area contributed by atoms with Gasteiger partial charge in [-0.25, -0.2) is 0 Å². The maximum absolute atomic E-state index is 9.00. The van der Waals surface area contributed by atoms with E-state index >= 15 is 0 Å². The average molecular weight is 215 g/mol. The number of carboxylic acid groups (broad SMARTS) is 1.